The van der Waals surface area contributed by atoms with E-state index >= 15 is 0 Å². The molecule has 19 nitrogen and oxygen atoms in total. The molecule has 0 spiro atoms. The summed E-state index contributed by atoms with van der Waals surface area (Å²) in [5, 5.41) is 90.0. The van der Waals surface area contributed by atoms with Crippen molar-refractivity contribution in [3.05, 3.63) is 123 Å². The number of non-ortho nitro benzene ring substituents is 1. The van der Waals surface area contributed by atoms with Gasteiger partial charge in [-0.25, -0.2) is 4.68 Å². The zero-order chi connectivity index (χ0) is 37.7. The van der Waals surface area contributed by atoms with Crippen molar-refractivity contribution >= 4 is 55.0 Å². The minimum Gasteiger partial charge on any atom is -0.871 e. The zero-order valence-corrected chi connectivity index (χ0v) is 34.8. The van der Waals surface area contributed by atoms with Crippen LogP contribution in [0.3, 0.4) is 0 Å². The Morgan fingerprint density at radius 1 is 0.709 bits per heavy atom. The minimum atomic E-state index is -4.83. The van der Waals surface area contributed by atoms with Crippen LogP contribution < -0.4 is 79.5 Å². The maximum atomic E-state index is 12.4. The molecule has 0 atom stereocenters. The monoisotopic (exact) mass is 822 g/mol. The Kier molecular flexibility index (Phi) is 16.6. The van der Waals surface area contributed by atoms with Gasteiger partial charge in [-0.1, -0.05) is 72.2 Å². The fourth-order valence-corrected chi connectivity index (χ4v) is 5.05. The molecule has 0 saturated carbocycles. The molecule has 267 valence electrons. The number of nitro benzene ring substituents is 2. The summed E-state index contributed by atoms with van der Waals surface area (Å²) in [5.41, 5.74) is -1.56. The third-order valence-corrected chi connectivity index (χ3v) is 7.87. The molecule has 1 radical (unpaired) electrons. The van der Waals surface area contributed by atoms with E-state index in [1.54, 1.807) is 61.5 Å². The normalized spacial score (nSPS) is 10.9. The fraction of sp³-hybridized carbons (Fsp3) is 0.0312. The standard InChI is InChI=1S/C16H13N5O4.C16H11N3O7S.Cr.2Na/c1-10-15(16(23)20(19-10)11-5-3-2-4-6-11)18-17-13-9-12(21(24)25)7-8-14(13)22;20-14-6-5-9-3-1-2-4-11(9)15(14)18-17-12-7-10(27(24,25)26)8-13(16(12)21)19(22)23;;;/h2-9,22-23H,1H3;1-8,20-21H,(H,24,25,26);;;/q;;+3;2*+1/p-4. The molecule has 0 amide bonds. The van der Waals surface area contributed by atoms with Gasteiger partial charge in [-0.05, 0) is 30.5 Å². The number of hydrogen-bond acceptors (Lipinski definition) is 15. The van der Waals surface area contributed by atoms with Crippen LogP contribution in [-0.2, 0) is 27.5 Å². The van der Waals surface area contributed by atoms with E-state index in [9.17, 15) is 49.1 Å². The summed E-state index contributed by atoms with van der Waals surface area (Å²) in [6.07, 6.45) is 0. The summed E-state index contributed by atoms with van der Waals surface area (Å²) < 4.78 is 32.8. The quantitative estimate of drug-likeness (QED) is 0.0650. The number of benzene rings is 5. The largest absolute Gasteiger partial charge is 3.00 e. The first-order valence-corrected chi connectivity index (χ1v) is 15.9. The second-order valence-electron chi connectivity index (χ2n) is 10.5. The van der Waals surface area contributed by atoms with Gasteiger partial charge in [0.25, 0.3) is 21.5 Å². The van der Waals surface area contributed by atoms with Gasteiger partial charge in [0.15, 0.2) is 0 Å². The molecular weight excluding hydrogens is 802 g/mol. The summed E-state index contributed by atoms with van der Waals surface area (Å²) in [6.45, 7) is 1.58. The van der Waals surface area contributed by atoms with Crippen LogP contribution in [-0.4, -0.2) is 32.6 Å². The number of para-hydroxylation sites is 1. The van der Waals surface area contributed by atoms with Crippen molar-refractivity contribution in [3.8, 4) is 28.8 Å². The van der Waals surface area contributed by atoms with Gasteiger partial charge in [-0.15, -0.1) is 5.11 Å². The maximum absolute atomic E-state index is 12.4. The van der Waals surface area contributed by atoms with Crippen LogP contribution in [0.5, 0.6) is 23.1 Å². The van der Waals surface area contributed by atoms with Gasteiger partial charge in [-0.3, -0.25) is 24.8 Å². The fourth-order valence-electron chi connectivity index (χ4n) is 4.53. The minimum absolute atomic E-state index is 0. The number of nitro groups is 2. The van der Waals surface area contributed by atoms with Crippen molar-refractivity contribution in [2.45, 2.75) is 11.8 Å². The summed E-state index contributed by atoms with van der Waals surface area (Å²) in [7, 11) is -4.83. The van der Waals surface area contributed by atoms with Crippen LogP contribution in [0.2, 0.25) is 0 Å². The smallest absolute Gasteiger partial charge is 0.871 e. The van der Waals surface area contributed by atoms with Crippen molar-refractivity contribution < 1.29 is 120 Å². The Balaban J connectivity index is 0.000000361. The summed E-state index contributed by atoms with van der Waals surface area (Å²) >= 11 is 0. The van der Waals surface area contributed by atoms with Gasteiger partial charge in [0, 0.05) is 35.2 Å². The first-order chi connectivity index (χ1) is 24.6. The van der Waals surface area contributed by atoms with E-state index in [1.165, 1.54) is 10.7 Å². The van der Waals surface area contributed by atoms with E-state index < -0.39 is 59.4 Å². The van der Waals surface area contributed by atoms with Crippen LogP contribution in [0.25, 0.3) is 16.5 Å². The van der Waals surface area contributed by atoms with Gasteiger partial charge in [-0.2, -0.15) is 28.9 Å². The summed E-state index contributed by atoms with van der Waals surface area (Å²) in [6, 6.07) is 22.5. The summed E-state index contributed by atoms with van der Waals surface area (Å²) in [5.74, 6) is -2.74. The number of nitrogens with zero attached hydrogens (tertiary/aromatic N) is 8. The van der Waals surface area contributed by atoms with Crippen LogP contribution in [0.15, 0.2) is 122 Å². The SMILES string of the molecule is Cc1nn(-c2ccccc2)c([O-])c1N=Nc1cc([N+](=O)[O-])ccc1[O-].O=[N+]([O-])c1cc(S(=O)(=O)O)cc(N=Nc2c([O-])ccc3ccccc23)c1[O-].[Cr+3].[Na+].[Na+]. The van der Waals surface area contributed by atoms with Crippen LogP contribution in [0, 0.1) is 27.2 Å². The Bertz CT molecular complexity index is 2540. The van der Waals surface area contributed by atoms with Gasteiger partial charge in [0.1, 0.15) is 10.6 Å². The second kappa shape index (κ2) is 19.7. The van der Waals surface area contributed by atoms with Gasteiger partial charge in [0.2, 0.25) is 0 Å². The number of aryl methyl sites for hydroxylation is 1. The predicted octanol–water partition coefficient (Wildman–Crippen LogP) is -0.786. The molecule has 0 aliphatic heterocycles. The molecule has 1 aromatic heterocycles. The Hall–Kier alpha value is -4.79. The van der Waals surface area contributed by atoms with Crippen molar-refractivity contribution in [1.82, 2.24) is 9.78 Å². The third-order valence-electron chi connectivity index (χ3n) is 7.04. The molecule has 0 aliphatic rings. The molecule has 0 fully saturated rings. The van der Waals surface area contributed by atoms with E-state index in [4.69, 9.17) is 4.55 Å². The molecule has 0 bridgehead atoms. The van der Waals surface area contributed by atoms with E-state index in [0.29, 0.717) is 34.3 Å². The summed E-state index contributed by atoms with van der Waals surface area (Å²) in [4.78, 5) is 19.1. The number of fused-ring (bicyclic) bond motifs is 1. The molecular formula is C32H20CrN8Na2O11S+. The average Bonchev–Trinajstić information content (AvgIpc) is 3.40. The second-order valence-corrected chi connectivity index (χ2v) is 11.9. The van der Waals surface area contributed by atoms with Crippen molar-refractivity contribution in [1.29, 1.82) is 0 Å². The van der Waals surface area contributed by atoms with Gasteiger partial charge < -0.3 is 20.4 Å². The van der Waals surface area contributed by atoms with Crippen LogP contribution >= 0.6 is 0 Å². The van der Waals surface area contributed by atoms with E-state index in [0.717, 1.165) is 18.2 Å². The molecule has 55 heavy (non-hydrogen) atoms. The molecule has 23 heteroatoms. The topological polar surface area (TPSA) is 300 Å². The van der Waals surface area contributed by atoms with Crippen molar-refractivity contribution in [2.75, 3.05) is 0 Å². The number of aromatic nitrogens is 2. The van der Waals surface area contributed by atoms with Crippen molar-refractivity contribution in [3.63, 3.8) is 0 Å². The molecule has 0 saturated heterocycles. The van der Waals surface area contributed by atoms with Crippen LogP contribution in [0.1, 0.15) is 5.69 Å². The van der Waals surface area contributed by atoms with Crippen LogP contribution in [0.4, 0.5) is 34.1 Å². The maximum Gasteiger partial charge on any atom is 3.00 e. The average molecular weight is 823 g/mol. The van der Waals surface area contributed by atoms with E-state index in [1.807, 2.05) is 6.07 Å². The number of hydrogen-bond donors (Lipinski definition) is 1. The molecule has 0 unspecified atom stereocenters. The molecule has 6 aromatic rings. The first kappa shape index (κ1) is 46.4. The van der Waals surface area contributed by atoms with Crippen molar-refractivity contribution in [2.24, 2.45) is 20.5 Å². The van der Waals surface area contributed by atoms with E-state index in [-0.39, 0.29) is 99.2 Å². The molecule has 5 aromatic carbocycles. The van der Waals surface area contributed by atoms with Gasteiger partial charge in [0.05, 0.1) is 38.3 Å². The predicted molar refractivity (Wildman–Crippen MR) is 174 cm³/mol. The molecule has 0 aliphatic carbocycles. The van der Waals surface area contributed by atoms with Gasteiger partial charge >= 0.3 is 76.5 Å². The third kappa shape index (κ3) is 10.9. The molecule has 6 rings (SSSR count). The number of rotatable bonds is 8. The Labute approximate surface area is 365 Å². The zero-order valence-electron chi connectivity index (χ0n) is 28.7. The van der Waals surface area contributed by atoms with E-state index in [2.05, 4.69) is 25.6 Å². The molecule has 1 N–H and O–H groups in total. The Morgan fingerprint density at radius 3 is 1.95 bits per heavy atom. The molecule has 1 heterocycles. The number of azo groups is 2. The Morgan fingerprint density at radius 2 is 1.31 bits per heavy atom. The first-order valence-electron chi connectivity index (χ1n) is 14.4.